The lowest BCUT2D eigenvalue weighted by Gasteiger charge is -2.43. The molecule has 0 unspecified atom stereocenters. The van der Waals surface area contributed by atoms with E-state index in [1.54, 1.807) is 0 Å². The molecule has 10 heteroatoms. The van der Waals surface area contributed by atoms with Crippen LogP contribution in [-0.4, -0.2) is 49.3 Å². The number of anilines is 1. The third-order valence-electron chi connectivity index (χ3n) is 6.30. The molecule has 182 valence electrons. The van der Waals surface area contributed by atoms with Gasteiger partial charge in [0.05, 0.1) is 10.5 Å². The lowest BCUT2D eigenvalue weighted by Crippen LogP contribution is -2.53. The summed E-state index contributed by atoms with van der Waals surface area (Å²) >= 11 is 0. The molecule has 2 aliphatic heterocycles. The van der Waals surface area contributed by atoms with Gasteiger partial charge < -0.3 is 4.90 Å². The van der Waals surface area contributed by atoms with Crippen LogP contribution in [0.4, 0.5) is 18.9 Å². The van der Waals surface area contributed by atoms with Gasteiger partial charge in [0.15, 0.2) is 0 Å². The molecule has 5 nitrogen and oxygen atoms in total. The van der Waals surface area contributed by atoms with Gasteiger partial charge >= 0.3 is 6.18 Å². The maximum atomic E-state index is 13.2. The summed E-state index contributed by atoms with van der Waals surface area (Å²) in [7, 11) is -4.06. The number of rotatable bonds is 3. The Bertz CT molecular complexity index is 1110. The fourth-order valence-electron chi connectivity index (χ4n) is 4.44. The summed E-state index contributed by atoms with van der Waals surface area (Å²) in [6, 6.07) is 9.78. The maximum Gasteiger partial charge on any atom is 0.416 e. The standard InChI is InChI=1S/C23H28F3N3O2S.ClH/c1-22(2,3)28-12-10-27(11-13-28)21-9-4-6-17-15-29(16-20(17)21)32(30,31)19-8-5-7-18(14-19)23(24,25)26;/h4-9,14H,10-13,15-16H2,1-3H3;1H. The number of hydrogen-bond acceptors (Lipinski definition) is 4. The first kappa shape index (κ1) is 25.8. The zero-order valence-electron chi connectivity index (χ0n) is 18.9. The minimum absolute atomic E-state index is 0. The highest BCUT2D eigenvalue weighted by molar-refractivity contribution is 7.89. The molecule has 0 radical (unpaired) electrons. The Balaban J connectivity index is 0.00000306. The lowest BCUT2D eigenvalue weighted by molar-refractivity contribution is -0.137. The first-order chi connectivity index (χ1) is 14.9. The Morgan fingerprint density at radius 1 is 0.879 bits per heavy atom. The molecule has 1 fully saturated rings. The predicted octanol–water partition coefficient (Wildman–Crippen LogP) is 4.75. The van der Waals surface area contributed by atoms with E-state index in [1.165, 1.54) is 10.4 Å². The summed E-state index contributed by atoms with van der Waals surface area (Å²) in [5, 5.41) is 0. The smallest absolute Gasteiger partial charge is 0.369 e. The van der Waals surface area contributed by atoms with Crippen LogP contribution in [0.25, 0.3) is 0 Å². The van der Waals surface area contributed by atoms with Gasteiger partial charge in [-0.3, -0.25) is 4.90 Å². The minimum atomic E-state index is -4.60. The first-order valence-corrected chi connectivity index (χ1v) is 12.1. The summed E-state index contributed by atoms with van der Waals surface area (Å²) in [6.45, 7) is 10.4. The zero-order chi connectivity index (χ0) is 23.3. The van der Waals surface area contributed by atoms with Gasteiger partial charge in [-0.25, -0.2) is 8.42 Å². The van der Waals surface area contributed by atoms with Gasteiger partial charge in [0, 0.05) is 50.5 Å². The second-order valence-electron chi connectivity index (χ2n) is 9.36. The van der Waals surface area contributed by atoms with Crippen molar-refractivity contribution in [2.45, 2.75) is 50.5 Å². The summed E-state index contributed by atoms with van der Waals surface area (Å²) in [5.74, 6) is 0. The number of fused-ring (bicyclic) bond motifs is 1. The van der Waals surface area contributed by atoms with Crippen molar-refractivity contribution in [1.82, 2.24) is 9.21 Å². The number of piperazine rings is 1. The number of hydrogen-bond donors (Lipinski definition) is 0. The van der Waals surface area contributed by atoms with Crippen LogP contribution in [0.15, 0.2) is 47.4 Å². The van der Waals surface area contributed by atoms with E-state index in [0.717, 1.165) is 55.1 Å². The molecule has 0 atom stereocenters. The van der Waals surface area contributed by atoms with Gasteiger partial charge in [-0.2, -0.15) is 17.5 Å². The van der Waals surface area contributed by atoms with Crippen molar-refractivity contribution in [3.05, 3.63) is 59.2 Å². The summed E-state index contributed by atoms with van der Waals surface area (Å²) < 4.78 is 66.9. The molecule has 1 saturated heterocycles. The summed E-state index contributed by atoms with van der Waals surface area (Å²) in [4.78, 5) is 4.37. The average Bonchev–Trinajstić information content (AvgIpc) is 3.18. The lowest BCUT2D eigenvalue weighted by atomic mass is 10.0. The molecule has 0 aliphatic carbocycles. The number of benzene rings is 2. The molecular formula is C23H29ClF3N3O2S. The topological polar surface area (TPSA) is 43.9 Å². The number of halogens is 4. The Labute approximate surface area is 199 Å². The third kappa shape index (κ3) is 5.16. The zero-order valence-corrected chi connectivity index (χ0v) is 20.5. The van der Waals surface area contributed by atoms with Gasteiger partial charge in [-0.1, -0.05) is 18.2 Å². The van der Waals surface area contributed by atoms with Gasteiger partial charge in [0.1, 0.15) is 0 Å². The van der Waals surface area contributed by atoms with Crippen molar-refractivity contribution >= 4 is 28.1 Å². The van der Waals surface area contributed by atoms with E-state index in [1.807, 2.05) is 18.2 Å². The van der Waals surface area contributed by atoms with E-state index < -0.39 is 21.8 Å². The quantitative estimate of drug-likeness (QED) is 0.606. The van der Waals surface area contributed by atoms with Crippen molar-refractivity contribution < 1.29 is 21.6 Å². The average molecular weight is 504 g/mol. The first-order valence-electron chi connectivity index (χ1n) is 10.7. The second-order valence-corrected chi connectivity index (χ2v) is 11.3. The van der Waals surface area contributed by atoms with Crippen LogP contribution in [0.2, 0.25) is 0 Å². The van der Waals surface area contributed by atoms with Crippen molar-refractivity contribution in [1.29, 1.82) is 0 Å². The normalized spacial score (nSPS) is 18.2. The minimum Gasteiger partial charge on any atom is -0.369 e. The number of sulfonamides is 1. The summed E-state index contributed by atoms with van der Waals surface area (Å²) in [6.07, 6.45) is -4.60. The Hall–Kier alpha value is -1.81. The van der Waals surface area contributed by atoms with Crippen LogP contribution in [0.1, 0.15) is 37.5 Å². The number of nitrogens with zero attached hydrogens (tertiary/aromatic N) is 3. The van der Waals surface area contributed by atoms with E-state index in [9.17, 15) is 21.6 Å². The largest absolute Gasteiger partial charge is 0.416 e. The SMILES string of the molecule is CC(C)(C)N1CCN(c2cccc3c2CN(S(=O)(=O)c2cccc(C(F)(F)F)c2)C3)CC1.Cl. The van der Waals surface area contributed by atoms with E-state index in [-0.39, 0.29) is 35.9 Å². The highest BCUT2D eigenvalue weighted by Crippen LogP contribution is 2.37. The van der Waals surface area contributed by atoms with Crippen LogP contribution in [0.3, 0.4) is 0 Å². The van der Waals surface area contributed by atoms with E-state index >= 15 is 0 Å². The van der Waals surface area contributed by atoms with E-state index in [4.69, 9.17) is 0 Å². The summed E-state index contributed by atoms with van der Waals surface area (Å²) in [5.41, 5.74) is 1.98. The monoisotopic (exact) mass is 503 g/mol. The molecule has 0 amide bonds. The van der Waals surface area contributed by atoms with Crippen molar-refractivity contribution in [3.63, 3.8) is 0 Å². The van der Waals surface area contributed by atoms with Crippen LogP contribution in [-0.2, 0) is 29.3 Å². The number of alkyl halides is 3. The molecule has 33 heavy (non-hydrogen) atoms. The molecule has 0 spiro atoms. The molecular weight excluding hydrogens is 475 g/mol. The highest BCUT2D eigenvalue weighted by Gasteiger charge is 2.36. The van der Waals surface area contributed by atoms with Crippen molar-refractivity contribution in [2.75, 3.05) is 31.1 Å². The van der Waals surface area contributed by atoms with E-state index in [2.05, 4.69) is 30.6 Å². The van der Waals surface area contributed by atoms with E-state index in [0.29, 0.717) is 6.07 Å². The molecule has 0 aromatic heterocycles. The van der Waals surface area contributed by atoms with Crippen molar-refractivity contribution in [3.8, 4) is 0 Å². The van der Waals surface area contributed by atoms with Gasteiger partial charge in [-0.05, 0) is 56.2 Å². The third-order valence-corrected chi connectivity index (χ3v) is 8.09. The molecule has 2 aliphatic rings. The van der Waals surface area contributed by atoms with Crippen molar-refractivity contribution in [2.24, 2.45) is 0 Å². The van der Waals surface area contributed by atoms with Crippen LogP contribution < -0.4 is 4.90 Å². The Morgan fingerprint density at radius 3 is 2.12 bits per heavy atom. The molecule has 0 bridgehead atoms. The molecule has 0 saturated carbocycles. The fraction of sp³-hybridized carbons (Fsp3) is 0.478. The molecule has 2 heterocycles. The Morgan fingerprint density at radius 2 is 1.52 bits per heavy atom. The molecule has 4 rings (SSSR count). The van der Waals surface area contributed by atoms with Gasteiger partial charge in [0.2, 0.25) is 10.0 Å². The molecule has 0 N–H and O–H groups in total. The van der Waals surface area contributed by atoms with Crippen LogP contribution in [0, 0.1) is 0 Å². The van der Waals surface area contributed by atoms with Crippen LogP contribution >= 0.6 is 12.4 Å². The second kappa shape index (κ2) is 9.09. The molecule has 2 aromatic carbocycles. The highest BCUT2D eigenvalue weighted by atomic mass is 35.5. The molecule has 2 aromatic rings. The van der Waals surface area contributed by atoms with Gasteiger partial charge in [0.25, 0.3) is 0 Å². The fourth-order valence-corrected chi connectivity index (χ4v) is 5.87. The Kier molecular flexibility index (Phi) is 7.11. The maximum absolute atomic E-state index is 13.2. The van der Waals surface area contributed by atoms with Gasteiger partial charge in [-0.15, -0.1) is 12.4 Å². The van der Waals surface area contributed by atoms with Crippen LogP contribution in [0.5, 0.6) is 0 Å². The predicted molar refractivity (Wildman–Crippen MR) is 125 cm³/mol.